The molecule has 0 fully saturated rings. The summed E-state index contributed by atoms with van der Waals surface area (Å²) in [4.78, 5) is 2.47. The fourth-order valence-electron chi connectivity index (χ4n) is 2.04. The van der Waals surface area contributed by atoms with E-state index in [2.05, 4.69) is 39.6 Å². The maximum atomic E-state index is 2.47. The van der Waals surface area contributed by atoms with Gasteiger partial charge in [0, 0.05) is 6.54 Å². The SMILES string of the molecule is CCCCCC(C)CCN(C)CC(C)C. The van der Waals surface area contributed by atoms with Crippen molar-refractivity contribution < 1.29 is 0 Å². The third-order valence-electron chi connectivity index (χ3n) is 2.98. The highest BCUT2D eigenvalue weighted by Gasteiger charge is 2.05. The first kappa shape index (κ1) is 15.0. The second kappa shape index (κ2) is 9.21. The zero-order valence-corrected chi connectivity index (χ0v) is 11.6. The third kappa shape index (κ3) is 10.2. The summed E-state index contributed by atoms with van der Waals surface area (Å²) in [5.74, 6) is 1.71. The number of rotatable bonds is 9. The van der Waals surface area contributed by atoms with Gasteiger partial charge < -0.3 is 4.90 Å². The minimum atomic E-state index is 0.797. The second-order valence-electron chi connectivity index (χ2n) is 5.55. The van der Waals surface area contributed by atoms with Crippen LogP contribution in [0.2, 0.25) is 0 Å². The van der Waals surface area contributed by atoms with E-state index in [4.69, 9.17) is 0 Å². The molecular weight excluding hydrogens is 182 g/mol. The number of hydrogen-bond donors (Lipinski definition) is 0. The van der Waals surface area contributed by atoms with Gasteiger partial charge in [0.15, 0.2) is 0 Å². The summed E-state index contributed by atoms with van der Waals surface area (Å²) in [6.45, 7) is 11.8. The zero-order chi connectivity index (χ0) is 11.7. The molecule has 0 aliphatic heterocycles. The lowest BCUT2D eigenvalue weighted by atomic mass is 9.99. The summed E-state index contributed by atoms with van der Waals surface area (Å²) in [6, 6.07) is 0. The van der Waals surface area contributed by atoms with Gasteiger partial charge in [-0.1, -0.05) is 53.4 Å². The van der Waals surface area contributed by atoms with Crippen molar-refractivity contribution in [3.8, 4) is 0 Å². The smallest absolute Gasteiger partial charge is 0.000133 e. The fourth-order valence-corrected chi connectivity index (χ4v) is 2.04. The molecule has 0 aromatic heterocycles. The van der Waals surface area contributed by atoms with Crippen LogP contribution in [-0.4, -0.2) is 25.0 Å². The summed E-state index contributed by atoms with van der Waals surface area (Å²) in [5, 5.41) is 0. The van der Waals surface area contributed by atoms with Gasteiger partial charge >= 0.3 is 0 Å². The van der Waals surface area contributed by atoms with Crippen LogP contribution in [0.15, 0.2) is 0 Å². The predicted octanol–water partition coefficient (Wildman–Crippen LogP) is 4.18. The Morgan fingerprint density at radius 1 is 1.00 bits per heavy atom. The van der Waals surface area contributed by atoms with Gasteiger partial charge in [0.1, 0.15) is 0 Å². The van der Waals surface area contributed by atoms with E-state index in [0.717, 1.165) is 11.8 Å². The van der Waals surface area contributed by atoms with Crippen LogP contribution in [0.3, 0.4) is 0 Å². The van der Waals surface area contributed by atoms with Crippen LogP contribution in [0.4, 0.5) is 0 Å². The zero-order valence-electron chi connectivity index (χ0n) is 11.6. The Kier molecular flexibility index (Phi) is 9.18. The first-order valence-electron chi connectivity index (χ1n) is 6.74. The molecule has 0 bridgehead atoms. The molecule has 0 aromatic rings. The van der Waals surface area contributed by atoms with Gasteiger partial charge in [-0.15, -0.1) is 0 Å². The molecular formula is C14H31N. The van der Waals surface area contributed by atoms with Gasteiger partial charge in [-0.2, -0.15) is 0 Å². The molecule has 0 radical (unpaired) electrons. The van der Waals surface area contributed by atoms with Gasteiger partial charge in [0.2, 0.25) is 0 Å². The van der Waals surface area contributed by atoms with E-state index in [1.165, 1.54) is 45.2 Å². The van der Waals surface area contributed by atoms with Crippen molar-refractivity contribution in [2.75, 3.05) is 20.1 Å². The molecule has 1 unspecified atom stereocenters. The van der Waals surface area contributed by atoms with Crippen LogP contribution in [0, 0.1) is 11.8 Å². The van der Waals surface area contributed by atoms with Crippen LogP contribution in [0.5, 0.6) is 0 Å². The lowest BCUT2D eigenvalue weighted by Crippen LogP contribution is -2.25. The molecule has 0 aliphatic rings. The van der Waals surface area contributed by atoms with E-state index in [9.17, 15) is 0 Å². The molecule has 0 saturated heterocycles. The number of unbranched alkanes of at least 4 members (excludes halogenated alkanes) is 2. The Hall–Kier alpha value is -0.0400. The minimum absolute atomic E-state index is 0.797. The molecule has 0 heterocycles. The van der Waals surface area contributed by atoms with Gasteiger partial charge in [0.25, 0.3) is 0 Å². The fraction of sp³-hybridized carbons (Fsp3) is 1.00. The summed E-state index contributed by atoms with van der Waals surface area (Å²) in [6.07, 6.45) is 6.97. The Bertz CT molecular complexity index is 131. The molecule has 1 nitrogen and oxygen atoms in total. The van der Waals surface area contributed by atoms with Crippen molar-refractivity contribution in [1.82, 2.24) is 4.90 Å². The molecule has 1 atom stereocenters. The maximum Gasteiger partial charge on any atom is 0.000133 e. The van der Waals surface area contributed by atoms with E-state index in [-0.39, 0.29) is 0 Å². The highest BCUT2D eigenvalue weighted by Crippen LogP contribution is 2.13. The summed E-state index contributed by atoms with van der Waals surface area (Å²) < 4.78 is 0. The topological polar surface area (TPSA) is 3.24 Å². The Balaban J connectivity index is 3.39. The molecule has 0 saturated carbocycles. The molecule has 0 aliphatic carbocycles. The average Bonchev–Trinajstić information content (AvgIpc) is 2.14. The van der Waals surface area contributed by atoms with Gasteiger partial charge in [-0.05, 0) is 31.8 Å². The second-order valence-corrected chi connectivity index (χ2v) is 5.55. The molecule has 0 aromatic carbocycles. The third-order valence-corrected chi connectivity index (χ3v) is 2.98. The van der Waals surface area contributed by atoms with Crippen LogP contribution in [0.1, 0.15) is 59.8 Å². The Morgan fingerprint density at radius 3 is 2.20 bits per heavy atom. The highest BCUT2D eigenvalue weighted by molar-refractivity contribution is 4.59. The molecule has 92 valence electrons. The molecule has 0 N–H and O–H groups in total. The predicted molar refractivity (Wildman–Crippen MR) is 70.3 cm³/mol. The van der Waals surface area contributed by atoms with Crippen molar-refractivity contribution in [1.29, 1.82) is 0 Å². The van der Waals surface area contributed by atoms with Crippen molar-refractivity contribution in [2.24, 2.45) is 11.8 Å². The largest absolute Gasteiger partial charge is 0.306 e. The van der Waals surface area contributed by atoms with Crippen LogP contribution in [0.25, 0.3) is 0 Å². The quantitative estimate of drug-likeness (QED) is 0.519. The van der Waals surface area contributed by atoms with Crippen LogP contribution in [-0.2, 0) is 0 Å². The van der Waals surface area contributed by atoms with E-state index < -0.39 is 0 Å². The highest BCUT2D eigenvalue weighted by atomic mass is 15.1. The summed E-state index contributed by atoms with van der Waals surface area (Å²) in [7, 11) is 2.25. The molecule has 0 amide bonds. The first-order chi connectivity index (χ1) is 7.06. The maximum absolute atomic E-state index is 2.47. The van der Waals surface area contributed by atoms with Gasteiger partial charge in [0.05, 0.1) is 0 Å². The number of nitrogens with zero attached hydrogens (tertiary/aromatic N) is 1. The Morgan fingerprint density at radius 2 is 1.67 bits per heavy atom. The van der Waals surface area contributed by atoms with Crippen LogP contribution < -0.4 is 0 Å². The van der Waals surface area contributed by atoms with Gasteiger partial charge in [-0.3, -0.25) is 0 Å². The van der Waals surface area contributed by atoms with Crippen molar-refractivity contribution >= 4 is 0 Å². The molecule has 0 spiro atoms. The summed E-state index contributed by atoms with van der Waals surface area (Å²) in [5.41, 5.74) is 0. The molecule has 1 heteroatoms. The lowest BCUT2D eigenvalue weighted by Gasteiger charge is -2.21. The monoisotopic (exact) mass is 213 g/mol. The number of hydrogen-bond acceptors (Lipinski definition) is 1. The van der Waals surface area contributed by atoms with E-state index in [0.29, 0.717) is 0 Å². The Labute approximate surface area is 97.2 Å². The van der Waals surface area contributed by atoms with E-state index in [1.807, 2.05) is 0 Å². The van der Waals surface area contributed by atoms with Crippen molar-refractivity contribution in [3.63, 3.8) is 0 Å². The van der Waals surface area contributed by atoms with E-state index >= 15 is 0 Å². The van der Waals surface area contributed by atoms with Gasteiger partial charge in [-0.25, -0.2) is 0 Å². The minimum Gasteiger partial charge on any atom is -0.306 e. The molecule has 15 heavy (non-hydrogen) atoms. The normalized spacial score (nSPS) is 13.8. The standard InChI is InChI=1S/C14H31N/c1-6-7-8-9-14(4)10-11-15(5)12-13(2)3/h13-14H,6-12H2,1-5H3. The van der Waals surface area contributed by atoms with Crippen molar-refractivity contribution in [2.45, 2.75) is 59.8 Å². The average molecular weight is 213 g/mol. The molecule has 0 rings (SSSR count). The summed E-state index contributed by atoms with van der Waals surface area (Å²) >= 11 is 0. The lowest BCUT2D eigenvalue weighted by molar-refractivity contribution is 0.270. The van der Waals surface area contributed by atoms with Crippen LogP contribution >= 0.6 is 0 Å². The van der Waals surface area contributed by atoms with E-state index in [1.54, 1.807) is 0 Å². The van der Waals surface area contributed by atoms with Crippen molar-refractivity contribution in [3.05, 3.63) is 0 Å². The first-order valence-corrected chi connectivity index (χ1v) is 6.74.